The van der Waals surface area contributed by atoms with Gasteiger partial charge in [-0.2, -0.15) is 0 Å². The molecule has 4 rings (SSSR count). The fourth-order valence-electron chi connectivity index (χ4n) is 3.40. The molecule has 3 aromatic heterocycles. The van der Waals surface area contributed by atoms with E-state index >= 15 is 0 Å². The van der Waals surface area contributed by atoms with Crippen LogP contribution in [0.5, 0.6) is 11.5 Å². The maximum atomic E-state index is 13.1. The van der Waals surface area contributed by atoms with E-state index in [1.54, 1.807) is 37.8 Å². The SMILES string of the molecule is COc1cccc(OC)c1-n1c(NS(=O)C(C)Cc2ncc(F)cn2)nnc1-c1ccn(C)c1. The Labute approximate surface area is 198 Å². The summed E-state index contributed by atoms with van der Waals surface area (Å²) in [4.78, 5) is 7.89. The smallest absolute Gasteiger partial charge is 0.241 e. The normalized spacial score (nSPS) is 12.9. The van der Waals surface area contributed by atoms with Gasteiger partial charge in [0.1, 0.15) is 34.0 Å². The fraction of sp³-hybridized carbons (Fsp3) is 0.273. The van der Waals surface area contributed by atoms with Gasteiger partial charge in [-0.25, -0.2) is 18.6 Å². The lowest BCUT2D eigenvalue weighted by atomic mass is 10.2. The first kappa shape index (κ1) is 23.4. The van der Waals surface area contributed by atoms with Crippen LogP contribution < -0.4 is 14.2 Å². The van der Waals surface area contributed by atoms with Gasteiger partial charge in [-0.1, -0.05) is 6.07 Å². The van der Waals surface area contributed by atoms with Gasteiger partial charge in [0, 0.05) is 31.4 Å². The first-order chi connectivity index (χ1) is 16.4. The van der Waals surface area contributed by atoms with Crippen molar-refractivity contribution in [3.05, 3.63) is 60.7 Å². The van der Waals surface area contributed by atoms with Crippen molar-refractivity contribution in [3.8, 4) is 28.6 Å². The van der Waals surface area contributed by atoms with E-state index in [1.807, 2.05) is 36.1 Å². The molecule has 34 heavy (non-hydrogen) atoms. The Bertz CT molecular complexity index is 1280. The van der Waals surface area contributed by atoms with Crippen LogP contribution in [0.15, 0.2) is 49.1 Å². The fourth-order valence-corrected chi connectivity index (χ4v) is 4.22. The molecule has 1 N–H and O–H groups in total. The third-order valence-electron chi connectivity index (χ3n) is 5.08. The van der Waals surface area contributed by atoms with E-state index < -0.39 is 22.1 Å². The summed E-state index contributed by atoms with van der Waals surface area (Å²) in [5.41, 5.74) is 1.36. The molecule has 0 saturated carbocycles. The number of ether oxygens (including phenoxy) is 2. The summed E-state index contributed by atoms with van der Waals surface area (Å²) in [7, 11) is 3.42. The predicted molar refractivity (Wildman–Crippen MR) is 126 cm³/mol. The largest absolute Gasteiger partial charge is 0.494 e. The third-order valence-corrected chi connectivity index (χ3v) is 6.36. The van der Waals surface area contributed by atoms with Gasteiger partial charge in [0.25, 0.3) is 0 Å². The summed E-state index contributed by atoms with van der Waals surface area (Å²) in [5, 5.41) is 8.23. The Morgan fingerprint density at radius 2 is 1.79 bits per heavy atom. The highest BCUT2D eigenvalue weighted by Gasteiger charge is 2.25. The highest BCUT2D eigenvalue weighted by molar-refractivity contribution is 7.86. The molecule has 0 aliphatic rings. The van der Waals surface area contributed by atoms with Crippen LogP contribution in [0.1, 0.15) is 12.7 Å². The number of hydrogen-bond acceptors (Lipinski definition) is 7. The number of benzene rings is 1. The molecule has 10 nitrogen and oxygen atoms in total. The molecule has 2 unspecified atom stereocenters. The zero-order valence-electron chi connectivity index (χ0n) is 19.1. The molecule has 2 atom stereocenters. The molecule has 0 aliphatic heterocycles. The second kappa shape index (κ2) is 10.00. The van der Waals surface area contributed by atoms with E-state index in [4.69, 9.17) is 9.47 Å². The number of hydrogen-bond donors (Lipinski definition) is 1. The summed E-state index contributed by atoms with van der Waals surface area (Å²) < 4.78 is 44.0. The van der Waals surface area contributed by atoms with E-state index in [2.05, 4.69) is 24.9 Å². The standard InChI is InChI=1S/C22H24FN7O3S/c1-14(10-19-24-11-16(23)12-25-19)34(31)28-22-27-26-21(15-8-9-29(2)13-15)30(22)20-17(32-3)6-5-7-18(20)33-4/h5-9,11-14H,10H2,1-4H3,(H,27,28). The maximum Gasteiger partial charge on any atom is 0.241 e. The van der Waals surface area contributed by atoms with Gasteiger partial charge in [-0.05, 0) is 25.1 Å². The van der Waals surface area contributed by atoms with Crippen molar-refractivity contribution in [1.29, 1.82) is 0 Å². The summed E-state index contributed by atoms with van der Waals surface area (Å²) in [6.07, 6.45) is 6.24. The molecule has 0 fully saturated rings. The molecule has 4 aromatic rings. The Kier molecular flexibility index (Phi) is 6.87. The molecule has 0 radical (unpaired) electrons. The van der Waals surface area contributed by atoms with Gasteiger partial charge >= 0.3 is 0 Å². The number of rotatable bonds is 9. The molecular weight excluding hydrogens is 461 g/mol. The Hall–Kier alpha value is -3.80. The van der Waals surface area contributed by atoms with Crippen LogP contribution in [0.25, 0.3) is 17.1 Å². The van der Waals surface area contributed by atoms with Gasteiger partial charge < -0.3 is 14.0 Å². The average Bonchev–Trinajstić information content (AvgIpc) is 3.45. The summed E-state index contributed by atoms with van der Waals surface area (Å²) >= 11 is 0. The topological polar surface area (TPSA) is 109 Å². The number of para-hydroxylation sites is 1. The Morgan fingerprint density at radius 3 is 2.38 bits per heavy atom. The van der Waals surface area contributed by atoms with Gasteiger partial charge in [0.15, 0.2) is 11.6 Å². The molecule has 0 spiro atoms. The van der Waals surface area contributed by atoms with Crippen molar-refractivity contribution < 1.29 is 18.1 Å². The second-order valence-electron chi connectivity index (χ2n) is 7.49. The third kappa shape index (κ3) is 4.76. The zero-order valence-corrected chi connectivity index (χ0v) is 19.9. The highest BCUT2D eigenvalue weighted by Crippen LogP contribution is 2.37. The van der Waals surface area contributed by atoms with E-state index in [0.29, 0.717) is 28.8 Å². The van der Waals surface area contributed by atoms with Gasteiger partial charge in [0.05, 0.1) is 31.9 Å². The van der Waals surface area contributed by atoms with Crippen LogP contribution >= 0.6 is 0 Å². The number of methoxy groups -OCH3 is 2. The predicted octanol–water partition coefficient (Wildman–Crippen LogP) is 2.93. The lowest BCUT2D eigenvalue weighted by molar-refractivity contribution is 0.391. The first-order valence-corrected chi connectivity index (χ1v) is 11.5. The summed E-state index contributed by atoms with van der Waals surface area (Å²) in [6.45, 7) is 1.78. The lowest BCUT2D eigenvalue weighted by Gasteiger charge is -2.18. The van der Waals surface area contributed by atoms with Crippen LogP contribution in [0.4, 0.5) is 10.3 Å². The van der Waals surface area contributed by atoms with Crippen LogP contribution in [0.2, 0.25) is 0 Å². The monoisotopic (exact) mass is 485 g/mol. The minimum absolute atomic E-state index is 0.242. The zero-order chi connectivity index (χ0) is 24.2. The number of aryl methyl sites for hydroxylation is 1. The minimum atomic E-state index is -1.59. The molecule has 0 saturated heterocycles. The minimum Gasteiger partial charge on any atom is -0.494 e. The van der Waals surface area contributed by atoms with E-state index in [1.165, 1.54) is 0 Å². The molecule has 0 aliphatic carbocycles. The number of aromatic nitrogens is 6. The van der Waals surface area contributed by atoms with E-state index in [9.17, 15) is 8.60 Å². The Morgan fingerprint density at radius 1 is 1.12 bits per heavy atom. The van der Waals surface area contributed by atoms with Gasteiger partial charge in [0.2, 0.25) is 5.95 Å². The number of anilines is 1. The molecule has 12 heteroatoms. The average molecular weight is 486 g/mol. The molecule has 178 valence electrons. The quantitative estimate of drug-likeness (QED) is 0.388. The van der Waals surface area contributed by atoms with Crippen molar-refractivity contribution in [2.24, 2.45) is 7.05 Å². The van der Waals surface area contributed by atoms with Crippen LogP contribution in [-0.4, -0.2) is 53.0 Å². The molecule has 3 heterocycles. The number of nitrogens with one attached hydrogen (secondary N) is 1. The van der Waals surface area contributed by atoms with Crippen molar-refractivity contribution in [3.63, 3.8) is 0 Å². The lowest BCUT2D eigenvalue weighted by Crippen LogP contribution is -2.23. The molecule has 0 amide bonds. The van der Waals surface area contributed by atoms with Gasteiger partial charge in [-0.3, -0.25) is 9.29 Å². The first-order valence-electron chi connectivity index (χ1n) is 10.3. The summed E-state index contributed by atoms with van der Waals surface area (Å²) in [6, 6.07) is 7.30. The second-order valence-corrected chi connectivity index (χ2v) is 9.09. The van der Waals surface area contributed by atoms with Crippen molar-refractivity contribution >= 4 is 16.9 Å². The Balaban J connectivity index is 1.73. The molecule has 0 bridgehead atoms. The molecular formula is C22H24FN7O3S. The highest BCUT2D eigenvalue weighted by atomic mass is 32.2. The van der Waals surface area contributed by atoms with Crippen molar-refractivity contribution in [1.82, 2.24) is 29.3 Å². The maximum absolute atomic E-state index is 13.1. The van der Waals surface area contributed by atoms with Gasteiger partial charge in [-0.15, -0.1) is 10.2 Å². The van der Waals surface area contributed by atoms with E-state index in [0.717, 1.165) is 18.0 Å². The van der Waals surface area contributed by atoms with Crippen LogP contribution in [-0.2, 0) is 24.5 Å². The summed E-state index contributed by atoms with van der Waals surface area (Å²) in [5.74, 6) is 1.67. The number of halogens is 1. The number of nitrogens with zero attached hydrogens (tertiary/aromatic N) is 6. The molecule has 1 aromatic carbocycles. The van der Waals surface area contributed by atoms with Crippen molar-refractivity contribution in [2.45, 2.75) is 18.6 Å². The van der Waals surface area contributed by atoms with E-state index in [-0.39, 0.29) is 12.4 Å². The van der Waals surface area contributed by atoms with Crippen LogP contribution in [0.3, 0.4) is 0 Å². The van der Waals surface area contributed by atoms with Crippen LogP contribution in [0, 0.1) is 5.82 Å². The van der Waals surface area contributed by atoms with Crippen molar-refractivity contribution in [2.75, 3.05) is 18.9 Å².